The Kier molecular flexibility index (Phi) is 11.3. The monoisotopic (exact) mass is 499 g/mol. The largest absolute Gasteiger partial charge is 0.508 e. The molecule has 0 bridgehead atoms. The summed E-state index contributed by atoms with van der Waals surface area (Å²) in [5.41, 5.74) is 11.7. The van der Waals surface area contributed by atoms with Gasteiger partial charge in [-0.05, 0) is 31.0 Å². The van der Waals surface area contributed by atoms with E-state index in [1.54, 1.807) is 12.1 Å². The van der Waals surface area contributed by atoms with Crippen LogP contribution in [0.3, 0.4) is 0 Å². The number of thiol groups is 1. The Hall–Kier alpha value is -3.36. The number of carbonyl (C=O) groups is 5. The van der Waals surface area contributed by atoms with E-state index >= 15 is 0 Å². The van der Waals surface area contributed by atoms with Crippen molar-refractivity contribution in [2.75, 3.05) is 5.75 Å². The fraction of sp³-hybridized carbons (Fsp3) is 0.450. The second-order valence-corrected chi connectivity index (χ2v) is 7.88. The average Bonchev–Trinajstić information content (AvgIpc) is 2.75. The summed E-state index contributed by atoms with van der Waals surface area (Å²) in [7, 11) is 0. The quantitative estimate of drug-likeness (QED) is 0.125. The number of hydrogen-bond acceptors (Lipinski definition) is 9. The number of primary amides is 1. The molecule has 34 heavy (non-hydrogen) atoms. The molecule has 0 saturated carbocycles. The van der Waals surface area contributed by atoms with Gasteiger partial charge in [0, 0.05) is 5.75 Å². The summed E-state index contributed by atoms with van der Waals surface area (Å²) in [6, 6.07) is 0.287. The maximum Gasteiger partial charge on any atom is 0.327 e. The standard InChI is InChI=1S/C20H29N5O8S/c1-9(26)16(19(31)24-14(8-34)20(32)33)25-18(30)13(7-15(22)28)23-17(29)12(21)6-10-2-4-11(27)5-3-10/h2-5,9,12-14,16,26-27,34H,6-8,21H2,1H3,(H2,22,28)(H,23,29)(H,24,31)(H,25,30)(H,32,33). The zero-order valence-corrected chi connectivity index (χ0v) is 19.2. The third-order valence-corrected chi connectivity index (χ3v) is 4.99. The number of aliphatic hydroxyl groups excluding tert-OH is 1. The first-order valence-corrected chi connectivity index (χ1v) is 10.7. The molecule has 0 aliphatic carbocycles. The van der Waals surface area contributed by atoms with Crippen LogP contribution in [0, 0.1) is 0 Å². The molecule has 5 atom stereocenters. The number of aromatic hydroxyl groups is 1. The number of carbonyl (C=O) groups excluding carboxylic acids is 4. The summed E-state index contributed by atoms with van der Waals surface area (Å²) in [6.45, 7) is 1.18. The van der Waals surface area contributed by atoms with Crippen molar-refractivity contribution in [3.05, 3.63) is 29.8 Å². The highest BCUT2D eigenvalue weighted by Crippen LogP contribution is 2.11. The molecule has 1 aromatic carbocycles. The van der Waals surface area contributed by atoms with Crippen LogP contribution in [-0.4, -0.2) is 80.9 Å². The lowest BCUT2D eigenvalue weighted by Gasteiger charge is -2.26. The minimum atomic E-state index is -1.60. The van der Waals surface area contributed by atoms with Crippen LogP contribution in [0.4, 0.5) is 0 Å². The summed E-state index contributed by atoms with van der Waals surface area (Å²) in [5.74, 6) is -5.37. The Morgan fingerprint density at radius 3 is 2.00 bits per heavy atom. The molecule has 10 N–H and O–H groups in total. The smallest absolute Gasteiger partial charge is 0.327 e. The molecule has 1 aromatic rings. The fourth-order valence-corrected chi connectivity index (χ4v) is 3.02. The third kappa shape index (κ3) is 9.25. The summed E-state index contributed by atoms with van der Waals surface area (Å²) in [6.07, 6.45) is -2.04. The second kappa shape index (κ2) is 13.4. The molecule has 0 aromatic heterocycles. The number of aliphatic carboxylic acids is 1. The van der Waals surface area contributed by atoms with Crippen LogP contribution in [0.2, 0.25) is 0 Å². The van der Waals surface area contributed by atoms with Crippen LogP contribution < -0.4 is 27.4 Å². The molecule has 0 saturated heterocycles. The lowest BCUT2D eigenvalue weighted by Crippen LogP contribution is -2.60. The minimum absolute atomic E-state index is 0.0284. The number of phenolic OH excluding ortho intramolecular Hbond substituents is 1. The van der Waals surface area contributed by atoms with Crippen molar-refractivity contribution < 1.29 is 39.3 Å². The number of amides is 4. The number of aliphatic hydroxyl groups is 1. The van der Waals surface area contributed by atoms with Gasteiger partial charge < -0.3 is 42.7 Å². The van der Waals surface area contributed by atoms with E-state index in [2.05, 4.69) is 28.6 Å². The average molecular weight is 500 g/mol. The zero-order valence-electron chi connectivity index (χ0n) is 18.3. The topological polar surface area (TPSA) is 234 Å². The number of hydrogen-bond donors (Lipinski definition) is 9. The van der Waals surface area contributed by atoms with Gasteiger partial charge in [0.2, 0.25) is 23.6 Å². The number of nitrogens with one attached hydrogen (secondary N) is 3. The van der Waals surface area contributed by atoms with E-state index in [4.69, 9.17) is 16.6 Å². The van der Waals surface area contributed by atoms with Crippen molar-refractivity contribution in [2.45, 2.75) is 50.0 Å². The predicted molar refractivity (Wildman–Crippen MR) is 123 cm³/mol. The van der Waals surface area contributed by atoms with Crippen molar-refractivity contribution >= 4 is 42.2 Å². The number of nitrogens with two attached hydrogens (primary N) is 2. The summed E-state index contributed by atoms with van der Waals surface area (Å²) < 4.78 is 0. The lowest BCUT2D eigenvalue weighted by molar-refractivity contribution is -0.142. The van der Waals surface area contributed by atoms with Crippen molar-refractivity contribution in [3.8, 4) is 5.75 Å². The van der Waals surface area contributed by atoms with Gasteiger partial charge in [0.1, 0.15) is 23.9 Å². The third-order valence-electron chi connectivity index (χ3n) is 4.63. The molecule has 4 amide bonds. The van der Waals surface area contributed by atoms with Gasteiger partial charge in [-0.25, -0.2) is 4.79 Å². The highest BCUT2D eigenvalue weighted by molar-refractivity contribution is 7.80. The molecule has 0 spiro atoms. The highest BCUT2D eigenvalue weighted by atomic mass is 32.1. The van der Waals surface area contributed by atoms with Crippen LogP contribution in [0.1, 0.15) is 18.9 Å². The van der Waals surface area contributed by atoms with Crippen LogP contribution in [0.5, 0.6) is 5.75 Å². The van der Waals surface area contributed by atoms with Crippen LogP contribution in [0.25, 0.3) is 0 Å². The molecule has 13 nitrogen and oxygen atoms in total. The van der Waals surface area contributed by atoms with Gasteiger partial charge in [-0.2, -0.15) is 12.6 Å². The lowest BCUT2D eigenvalue weighted by atomic mass is 10.0. The molecule has 188 valence electrons. The maximum absolute atomic E-state index is 12.7. The maximum atomic E-state index is 12.7. The number of benzene rings is 1. The van der Waals surface area contributed by atoms with E-state index in [-0.39, 0.29) is 17.9 Å². The van der Waals surface area contributed by atoms with Crippen molar-refractivity contribution in [1.82, 2.24) is 16.0 Å². The number of phenols is 1. The normalized spacial score (nSPS) is 15.2. The van der Waals surface area contributed by atoms with Crippen LogP contribution in [-0.2, 0) is 30.4 Å². The van der Waals surface area contributed by atoms with E-state index in [0.717, 1.165) is 0 Å². The first-order valence-electron chi connectivity index (χ1n) is 10.1. The molecule has 5 unspecified atom stereocenters. The number of rotatable bonds is 13. The van der Waals surface area contributed by atoms with Gasteiger partial charge in [0.05, 0.1) is 18.6 Å². The number of carboxylic acids is 1. The Bertz CT molecular complexity index is 895. The summed E-state index contributed by atoms with van der Waals surface area (Å²) >= 11 is 3.82. The summed E-state index contributed by atoms with van der Waals surface area (Å²) in [4.78, 5) is 60.2. The molecule has 0 radical (unpaired) electrons. The Labute approximate surface area is 200 Å². The van der Waals surface area contributed by atoms with Gasteiger partial charge in [-0.15, -0.1) is 0 Å². The molecular weight excluding hydrogens is 470 g/mol. The molecular formula is C20H29N5O8S. The SMILES string of the molecule is CC(O)C(NC(=O)C(CC(N)=O)NC(=O)C(N)Cc1ccc(O)cc1)C(=O)NC(CS)C(=O)O. The van der Waals surface area contributed by atoms with Crippen LogP contribution >= 0.6 is 12.6 Å². The van der Waals surface area contributed by atoms with E-state index in [1.165, 1.54) is 19.1 Å². The predicted octanol–water partition coefficient (Wildman–Crippen LogP) is -3.01. The first-order chi connectivity index (χ1) is 15.8. The van der Waals surface area contributed by atoms with Crippen molar-refractivity contribution in [2.24, 2.45) is 11.5 Å². The highest BCUT2D eigenvalue weighted by Gasteiger charge is 2.33. The molecule has 1 rings (SSSR count). The van der Waals surface area contributed by atoms with Crippen molar-refractivity contribution in [3.63, 3.8) is 0 Å². The van der Waals surface area contributed by atoms with Crippen LogP contribution in [0.15, 0.2) is 24.3 Å². The van der Waals surface area contributed by atoms with E-state index < -0.39 is 66.3 Å². The molecule has 0 heterocycles. The Morgan fingerprint density at radius 1 is 0.971 bits per heavy atom. The van der Waals surface area contributed by atoms with Gasteiger partial charge in [-0.3, -0.25) is 19.2 Å². The van der Waals surface area contributed by atoms with Crippen molar-refractivity contribution in [1.29, 1.82) is 0 Å². The molecule has 0 aliphatic heterocycles. The van der Waals surface area contributed by atoms with E-state index in [1.807, 2.05) is 0 Å². The Balaban J connectivity index is 2.91. The molecule has 14 heteroatoms. The van der Waals surface area contributed by atoms with Gasteiger partial charge in [-0.1, -0.05) is 12.1 Å². The van der Waals surface area contributed by atoms with E-state index in [0.29, 0.717) is 5.56 Å². The van der Waals surface area contributed by atoms with Gasteiger partial charge in [0.15, 0.2) is 0 Å². The van der Waals surface area contributed by atoms with Gasteiger partial charge in [0.25, 0.3) is 0 Å². The number of carboxylic acid groups (broad SMARTS) is 1. The zero-order chi connectivity index (χ0) is 26.0. The molecule has 0 aliphatic rings. The van der Waals surface area contributed by atoms with Gasteiger partial charge >= 0.3 is 5.97 Å². The minimum Gasteiger partial charge on any atom is -0.508 e. The molecule has 0 fully saturated rings. The first kappa shape index (κ1) is 28.7. The Morgan fingerprint density at radius 2 is 1.53 bits per heavy atom. The second-order valence-electron chi connectivity index (χ2n) is 7.52. The fourth-order valence-electron chi connectivity index (χ4n) is 2.77. The summed E-state index contributed by atoms with van der Waals surface area (Å²) in [5, 5.41) is 34.9. The van der Waals surface area contributed by atoms with E-state index in [9.17, 15) is 34.2 Å².